The minimum atomic E-state index is -0.245. The highest BCUT2D eigenvalue weighted by molar-refractivity contribution is 5.97. The van der Waals surface area contributed by atoms with E-state index in [0.717, 1.165) is 37.2 Å². The molecule has 3 aromatic rings. The molecule has 5 rings (SSSR count). The summed E-state index contributed by atoms with van der Waals surface area (Å²) >= 11 is 0. The number of hydrogen-bond donors (Lipinski definition) is 0. The number of rotatable bonds is 5. The lowest BCUT2D eigenvalue weighted by Gasteiger charge is -2.32. The summed E-state index contributed by atoms with van der Waals surface area (Å²) in [5, 5.41) is 4.59. The summed E-state index contributed by atoms with van der Waals surface area (Å²) in [6.45, 7) is 5.77. The fourth-order valence-corrected chi connectivity index (χ4v) is 4.45. The van der Waals surface area contributed by atoms with Crippen molar-refractivity contribution in [3.8, 4) is 0 Å². The van der Waals surface area contributed by atoms with Crippen LogP contribution in [-0.4, -0.2) is 43.6 Å². The molecule has 31 heavy (non-hydrogen) atoms. The van der Waals surface area contributed by atoms with Crippen LogP contribution < -0.4 is 5.43 Å². The van der Waals surface area contributed by atoms with Crippen molar-refractivity contribution in [3.05, 3.63) is 51.5 Å². The molecule has 0 unspecified atom stereocenters. The van der Waals surface area contributed by atoms with Gasteiger partial charge in [-0.2, -0.15) is 4.98 Å². The van der Waals surface area contributed by atoms with Crippen molar-refractivity contribution in [3.63, 3.8) is 0 Å². The van der Waals surface area contributed by atoms with Crippen LogP contribution in [0, 0.1) is 12.8 Å². The number of aromatic nitrogens is 4. The Balaban J connectivity index is 1.37. The number of hydrogen-bond acceptors (Lipinski definition) is 6. The summed E-state index contributed by atoms with van der Waals surface area (Å²) in [5.74, 6) is 1.99. The summed E-state index contributed by atoms with van der Waals surface area (Å²) < 4.78 is 7.32. The van der Waals surface area contributed by atoms with E-state index in [1.54, 1.807) is 17.2 Å². The lowest BCUT2D eigenvalue weighted by Crippen LogP contribution is -2.42. The van der Waals surface area contributed by atoms with Gasteiger partial charge in [0.2, 0.25) is 11.3 Å². The van der Waals surface area contributed by atoms with Gasteiger partial charge in [0.05, 0.1) is 5.39 Å². The van der Waals surface area contributed by atoms with Crippen molar-refractivity contribution in [2.24, 2.45) is 5.92 Å². The molecule has 1 saturated heterocycles. The zero-order valence-corrected chi connectivity index (χ0v) is 18.0. The molecule has 0 bridgehead atoms. The fourth-order valence-electron chi connectivity index (χ4n) is 4.45. The Labute approximate surface area is 180 Å². The van der Waals surface area contributed by atoms with Gasteiger partial charge in [-0.1, -0.05) is 5.16 Å². The molecule has 2 fully saturated rings. The lowest BCUT2D eigenvalue weighted by molar-refractivity contribution is 0.0666. The van der Waals surface area contributed by atoms with Gasteiger partial charge in [0.15, 0.2) is 5.82 Å². The van der Waals surface area contributed by atoms with Gasteiger partial charge in [0, 0.05) is 43.9 Å². The van der Waals surface area contributed by atoms with Crippen LogP contribution in [0.2, 0.25) is 0 Å². The number of fused-ring (bicyclic) bond motifs is 1. The average Bonchev–Trinajstić information content (AvgIpc) is 3.53. The average molecular weight is 422 g/mol. The molecule has 8 nitrogen and oxygen atoms in total. The largest absolute Gasteiger partial charge is 0.339 e. The Kier molecular flexibility index (Phi) is 5.08. The van der Waals surface area contributed by atoms with Crippen LogP contribution in [0.25, 0.3) is 11.0 Å². The predicted molar refractivity (Wildman–Crippen MR) is 115 cm³/mol. The number of pyridine rings is 2. The highest BCUT2D eigenvalue weighted by Crippen LogP contribution is 2.38. The van der Waals surface area contributed by atoms with Crippen molar-refractivity contribution in [1.82, 2.24) is 24.6 Å². The molecule has 0 N–H and O–H groups in total. The van der Waals surface area contributed by atoms with Gasteiger partial charge < -0.3 is 14.0 Å². The molecule has 1 aliphatic heterocycles. The molecular formula is C23H27N5O3. The number of amides is 1. The Morgan fingerprint density at radius 3 is 2.84 bits per heavy atom. The molecule has 1 atom stereocenters. The molecule has 1 saturated carbocycles. The van der Waals surface area contributed by atoms with Crippen LogP contribution in [0.15, 0.2) is 27.6 Å². The number of nitrogens with zero attached hydrogens (tertiary/aromatic N) is 5. The first-order valence-corrected chi connectivity index (χ1v) is 11.2. The van der Waals surface area contributed by atoms with Crippen LogP contribution >= 0.6 is 0 Å². The van der Waals surface area contributed by atoms with Crippen LogP contribution in [-0.2, 0) is 13.0 Å². The van der Waals surface area contributed by atoms with E-state index in [1.165, 1.54) is 0 Å². The smallest absolute Gasteiger partial charge is 0.259 e. The minimum Gasteiger partial charge on any atom is -0.339 e. The number of carbonyl (C=O) groups excluding carboxylic acids is 1. The first-order valence-electron chi connectivity index (χ1n) is 11.2. The summed E-state index contributed by atoms with van der Waals surface area (Å²) in [6, 6.07) is 3.59. The van der Waals surface area contributed by atoms with Crippen LogP contribution in [0.4, 0.5) is 0 Å². The molecule has 3 aromatic heterocycles. The van der Waals surface area contributed by atoms with E-state index in [0.29, 0.717) is 48.9 Å². The zero-order chi connectivity index (χ0) is 21.5. The number of piperidine rings is 1. The third-order valence-electron chi connectivity index (χ3n) is 6.33. The van der Waals surface area contributed by atoms with Gasteiger partial charge >= 0.3 is 0 Å². The molecule has 4 heterocycles. The van der Waals surface area contributed by atoms with E-state index >= 15 is 0 Å². The second kappa shape index (κ2) is 7.90. The SMILES string of the molecule is CCn1cc(C(=O)N2CCC[C@H](Cc3nc(C4CC4)no3)C2)c(=O)c2ccc(C)nc21. The Morgan fingerprint density at radius 2 is 2.06 bits per heavy atom. The second-order valence-electron chi connectivity index (χ2n) is 8.77. The van der Waals surface area contributed by atoms with E-state index in [2.05, 4.69) is 15.1 Å². The van der Waals surface area contributed by atoms with E-state index in [4.69, 9.17) is 4.52 Å². The quantitative estimate of drug-likeness (QED) is 0.628. The van der Waals surface area contributed by atoms with Gasteiger partial charge in [0.25, 0.3) is 5.91 Å². The Morgan fingerprint density at radius 1 is 1.23 bits per heavy atom. The molecule has 0 radical (unpaired) electrons. The maximum Gasteiger partial charge on any atom is 0.259 e. The van der Waals surface area contributed by atoms with E-state index in [-0.39, 0.29) is 22.8 Å². The van der Waals surface area contributed by atoms with Crippen molar-refractivity contribution >= 4 is 16.9 Å². The third kappa shape index (κ3) is 3.86. The van der Waals surface area contributed by atoms with Crippen LogP contribution in [0.1, 0.15) is 66.3 Å². The standard InChI is InChI=1S/C23H27N5O3/c1-3-27-13-18(20(29)17-9-6-14(2)24-22(17)27)23(30)28-10-4-5-15(12-28)11-19-25-21(26-31-19)16-7-8-16/h6,9,13,15-16H,3-5,7-8,10-12H2,1-2H3/t15-/m1/s1. The van der Waals surface area contributed by atoms with E-state index < -0.39 is 0 Å². The van der Waals surface area contributed by atoms with Gasteiger partial charge in [-0.3, -0.25) is 9.59 Å². The highest BCUT2D eigenvalue weighted by atomic mass is 16.5. The number of likely N-dealkylation sites (tertiary alicyclic amines) is 1. The van der Waals surface area contributed by atoms with Crippen molar-refractivity contribution in [2.75, 3.05) is 13.1 Å². The Hall–Kier alpha value is -3.03. The van der Waals surface area contributed by atoms with Gasteiger partial charge in [-0.15, -0.1) is 0 Å². The lowest BCUT2D eigenvalue weighted by atomic mass is 9.94. The summed E-state index contributed by atoms with van der Waals surface area (Å²) in [7, 11) is 0. The second-order valence-corrected chi connectivity index (χ2v) is 8.77. The van der Waals surface area contributed by atoms with E-state index in [1.807, 2.05) is 24.5 Å². The van der Waals surface area contributed by atoms with Crippen LogP contribution in [0.3, 0.4) is 0 Å². The van der Waals surface area contributed by atoms with Gasteiger partial charge in [-0.05, 0) is 57.6 Å². The number of carbonyl (C=O) groups is 1. The Bertz CT molecular complexity index is 1190. The van der Waals surface area contributed by atoms with Gasteiger partial charge in [-0.25, -0.2) is 4.98 Å². The summed E-state index contributed by atoms with van der Waals surface area (Å²) in [5.41, 5.74) is 1.45. The van der Waals surface area contributed by atoms with Gasteiger partial charge in [0.1, 0.15) is 11.2 Å². The van der Waals surface area contributed by atoms with Crippen molar-refractivity contribution < 1.29 is 9.32 Å². The first kappa shape index (κ1) is 19.9. The summed E-state index contributed by atoms with van der Waals surface area (Å²) in [4.78, 5) is 37.3. The fraction of sp³-hybridized carbons (Fsp3) is 0.522. The normalized spacial score (nSPS) is 19.2. The third-order valence-corrected chi connectivity index (χ3v) is 6.33. The molecule has 1 aliphatic carbocycles. The van der Waals surface area contributed by atoms with Crippen LogP contribution in [0.5, 0.6) is 0 Å². The molecule has 2 aliphatic rings. The maximum atomic E-state index is 13.3. The first-order chi connectivity index (χ1) is 15.0. The van der Waals surface area contributed by atoms with Crippen molar-refractivity contribution in [2.45, 2.75) is 58.4 Å². The molecule has 162 valence electrons. The molecule has 0 aromatic carbocycles. The highest BCUT2D eigenvalue weighted by Gasteiger charge is 2.31. The molecule has 0 spiro atoms. The summed E-state index contributed by atoms with van der Waals surface area (Å²) in [6.07, 6.45) is 6.52. The maximum absolute atomic E-state index is 13.3. The molecular weight excluding hydrogens is 394 g/mol. The number of aryl methyl sites for hydroxylation is 2. The van der Waals surface area contributed by atoms with E-state index in [9.17, 15) is 9.59 Å². The zero-order valence-electron chi connectivity index (χ0n) is 18.0. The molecule has 8 heteroatoms. The molecule has 1 amide bonds. The predicted octanol–water partition coefficient (Wildman–Crippen LogP) is 3.08. The monoisotopic (exact) mass is 421 g/mol. The van der Waals surface area contributed by atoms with Crippen molar-refractivity contribution in [1.29, 1.82) is 0 Å². The topological polar surface area (TPSA) is 94.1 Å². The minimum absolute atomic E-state index is 0.205.